The number of nitrogens with one attached hydrogen (secondary N) is 1. The molecule has 1 aliphatic carbocycles. The normalized spacial score (nSPS) is 19.4. The number of hydrogen-bond donors (Lipinski definition) is 1. The summed E-state index contributed by atoms with van der Waals surface area (Å²) in [5, 5.41) is 7.81. The molecular formula is C25H39N3O3Si. The SMILES string of the molecule is CC(C)[Si](C)(C)O[C@@H]1CC[C@H](c2cc(NC(=O)OCc3ccccc3)n(C(C)(C)C)n2)C1. The van der Waals surface area contributed by atoms with Gasteiger partial charge in [-0.2, -0.15) is 5.10 Å². The average molecular weight is 458 g/mol. The van der Waals surface area contributed by atoms with Gasteiger partial charge in [0.1, 0.15) is 12.4 Å². The largest absolute Gasteiger partial charge is 0.444 e. The number of nitrogens with zero attached hydrogens (tertiary/aromatic N) is 2. The number of rotatable bonds is 7. The zero-order chi connectivity index (χ0) is 23.5. The van der Waals surface area contributed by atoms with Crippen molar-refractivity contribution in [3.63, 3.8) is 0 Å². The van der Waals surface area contributed by atoms with Gasteiger partial charge in [-0.25, -0.2) is 9.48 Å². The lowest BCUT2D eigenvalue weighted by atomic mass is 10.0. The summed E-state index contributed by atoms with van der Waals surface area (Å²) >= 11 is 0. The third kappa shape index (κ3) is 6.22. The van der Waals surface area contributed by atoms with Crippen LogP contribution in [0.1, 0.15) is 71.1 Å². The molecule has 176 valence electrons. The van der Waals surface area contributed by atoms with Crippen molar-refractivity contribution in [2.75, 3.05) is 5.32 Å². The van der Waals surface area contributed by atoms with Gasteiger partial charge in [-0.05, 0) is 64.2 Å². The molecule has 32 heavy (non-hydrogen) atoms. The van der Waals surface area contributed by atoms with Gasteiger partial charge in [0, 0.05) is 18.1 Å². The van der Waals surface area contributed by atoms with Crippen LogP contribution >= 0.6 is 0 Å². The molecule has 0 saturated heterocycles. The lowest BCUT2D eigenvalue weighted by Gasteiger charge is -2.30. The molecule has 0 spiro atoms. The van der Waals surface area contributed by atoms with Gasteiger partial charge in [-0.1, -0.05) is 44.2 Å². The van der Waals surface area contributed by atoms with Crippen LogP contribution in [0.4, 0.5) is 10.6 Å². The lowest BCUT2D eigenvalue weighted by molar-refractivity contribution is 0.154. The molecule has 0 bridgehead atoms. The molecule has 1 amide bonds. The first-order chi connectivity index (χ1) is 15.0. The maximum absolute atomic E-state index is 12.5. The number of aromatic nitrogens is 2. The molecule has 3 rings (SSSR count). The average Bonchev–Trinajstić information content (AvgIpc) is 3.33. The first-order valence-electron chi connectivity index (χ1n) is 11.7. The second kappa shape index (κ2) is 9.79. The monoisotopic (exact) mass is 457 g/mol. The highest BCUT2D eigenvalue weighted by molar-refractivity contribution is 6.72. The van der Waals surface area contributed by atoms with E-state index in [1.165, 1.54) is 0 Å². The summed E-state index contributed by atoms with van der Waals surface area (Å²) in [4.78, 5) is 12.5. The summed E-state index contributed by atoms with van der Waals surface area (Å²) in [6.07, 6.45) is 2.95. The van der Waals surface area contributed by atoms with Crippen molar-refractivity contribution in [2.45, 2.75) is 96.7 Å². The third-order valence-electron chi connectivity index (χ3n) is 6.47. The van der Waals surface area contributed by atoms with Crippen LogP contribution in [0.2, 0.25) is 18.6 Å². The topological polar surface area (TPSA) is 65.4 Å². The fraction of sp³-hybridized carbons (Fsp3) is 0.600. The van der Waals surface area contributed by atoms with Crippen molar-refractivity contribution in [1.82, 2.24) is 9.78 Å². The molecule has 6 nitrogen and oxygen atoms in total. The Morgan fingerprint density at radius 2 is 1.91 bits per heavy atom. The van der Waals surface area contributed by atoms with E-state index in [0.29, 0.717) is 23.4 Å². The molecule has 1 saturated carbocycles. The van der Waals surface area contributed by atoms with Crippen molar-refractivity contribution in [2.24, 2.45) is 0 Å². The van der Waals surface area contributed by atoms with Crippen molar-refractivity contribution >= 4 is 20.2 Å². The van der Waals surface area contributed by atoms with Crippen LogP contribution in [-0.2, 0) is 21.3 Å². The second-order valence-corrected chi connectivity index (χ2v) is 15.3. The predicted molar refractivity (Wildman–Crippen MR) is 132 cm³/mol. The van der Waals surface area contributed by atoms with E-state index in [2.05, 4.69) is 53.0 Å². The lowest BCUT2D eigenvalue weighted by Crippen LogP contribution is -2.37. The van der Waals surface area contributed by atoms with Gasteiger partial charge in [0.2, 0.25) is 0 Å². The van der Waals surface area contributed by atoms with E-state index in [1.807, 2.05) is 41.1 Å². The predicted octanol–water partition coefficient (Wildman–Crippen LogP) is 6.65. The number of carbonyl (C=O) groups excluding carboxylic acids is 1. The maximum atomic E-state index is 12.5. The van der Waals surface area contributed by atoms with Gasteiger partial charge in [0.05, 0.1) is 11.2 Å². The van der Waals surface area contributed by atoms with Crippen molar-refractivity contribution < 1.29 is 14.0 Å². The molecule has 0 aliphatic heterocycles. The number of hydrogen-bond acceptors (Lipinski definition) is 4. The fourth-order valence-electron chi connectivity index (χ4n) is 3.94. The Bertz CT molecular complexity index is 903. The number of carbonyl (C=O) groups is 1. The van der Waals surface area contributed by atoms with E-state index in [9.17, 15) is 4.79 Å². The Kier molecular flexibility index (Phi) is 7.50. The molecule has 7 heteroatoms. The molecule has 1 fully saturated rings. The first-order valence-corrected chi connectivity index (χ1v) is 14.7. The van der Waals surface area contributed by atoms with Gasteiger partial charge < -0.3 is 9.16 Å². The second-order valence-electron chi connectivity index (χ2n) is 10.7. The summed E-state index contributed by atoms with van der Waals surface area (Å²) in [6, 6.07) is 11.7. The van der Waals surface area contributed by atoms with Crippen molar-refractivity contribution in [3.8, 4) is 0 Å². The molecule has 1 heterocycles. The van der Waals surface area contributed by atoms with E-state index < -0.39 is 14.4 Å². The molecule has 0 unspecified atom stereocenters. The van der Waals surface area contributed by atoms with E-state index in [1.54, 1.807) is 0 Å². The highest BCUT2D eigenvalue weighted by Gasteiger charge is 2.36. The Morgan fingerprint density at radius 1 is 1.22 bits per heavy atom. The third-order valence-corrected chi connectivity index (χ3v) is 10.2. The van der Waals surface area contributed by atoms with Crippen LogP contribution in [-0.4, -0.2) is 30.3 Å². The molecule has 1 aromatic carbocycles. The van der Waals surface area contributed by atoms with Gasteiger partial charge >= 0.3 is 6.09 Å². The van der Waals surface area contributed by atoms with Crippen molar-refractivity contribution in [1.29, 1.82) is 0 Å². The molecule has 2 atom stereocenters. The molecule has 1 aromatic heterocycles. The molecule has 1 aliphatic rings. The van der Waals surface area contributed by atoms with Crippen LogP contribution in [0.3, 0.4) is 0 Å². The molecular weight excluding hydrogens is 418 g/mol. The van der Waals surface area contributed by atoms with Gasteiger partial charge in [-0.3, -0.25) is 5.32 Å². The van der Waals surface area contributed by atoms with Gasteiger partial charge in [0.25, 0.3) is 0 Å². The highest BCUT2D eigenvalue weighted by Crippen LogP contribution is 2.39. The van der Waals surface area contributed by atoms with Crippen LogP contribution in [0.25, 0.3) is 0 Å². The van der Waals surface area contributed by atoms with E-state index in [4.69, 9.17) is 14.3 Å². The standard InChI is InChI=1S/C25H39N3O3Si/c1-18(2)32(6,7)31-21-14-13-20(15-21)22-16-23(28(27-22)25(3,4)5)26-24(29)30-17-19-11-9-8-10-12-19/h8-12,16,18,20-21H,13-15,17H2,1-7H3,(H,26,29)/t20-,21+/m0/s1. The Balaban J connectivity index is 1.68. The smallest absolute Gasteiger partial charge is 0.413 e. The number of amides is 1. The van der Waals surface area contributed by atoms with Crippen LogP contribution in [0, 0.1) is 0 Å². The van der Waals surface area contributed by atoms with Crippen LogP contribution in [0.5, 0.6) is 0 Å². The quantitative estimate of drug-likeness (QED) is 0.472. The summed E-state index contributed by atoms with van der Waals surface area (Å²) in [6.45, 7) is 15.6. The van der Waals surface area contributed by atoms with Gasteiger partial charge in [-0.15, -0.1) is 0 Å². The zero-order valence-electron chi connectivity index (χ0n) is 20.6. The molecule has 2 aromatic rings. The first kappa shape index (κ1) is 24.5. The highest BCUT2D eigenvalue weighted by atomic mass is 28.4. The summed E-state index contributed by atoms with van der Waals surface area (Å²) < 4.78 is 13.9. The Hall–Kier alpha value is -2.12. The Labute approximate surface area is 193 Å². The zero-order valence-corrected chi connectivity index (χ0v) is 21.6. The van der Waals surface area contributed by atoms with Crippen LogP contribution in [0.15, 0.2) is 36.4 Å². The van der Waals surface area contributed by atoms with E-state index >= 15 is 0 Å². The summed E-state index contributed by atoms with van der Waals surface area (Å²) in [5.74, 6) is 1.02. The summed E-state index contributed by atoms with van der Waals surface area (Å²) in [5.41, 5.74) is 2.31. The fourth-order valence-corrected chi connectivity index (χ4v) is 5.29. The van der Waals surface area contributed by atoms with Gasteiger partial charge in [0.15, 0.2) is 8.32 Å². The molecule has 0 radical (unpaired) electrons. The minimum atomic E-state index is -1.67. The number of anilines is 1. The van der Waals surface area contributed by atoms with E-state index in [-0.39, 0.29) is 12.1 Å². The Morgan fingerprint density at radius 3 is 2.53 bits per heavy atom. The maximum Gasteiger partial charge on any atom is 0.413 e. The minimum Gasteiger partial charge on any atom is -0.444 e. The van der Waals surface area contributed by atoms with Crippen molar-refractivity contribution in [3.05, 3.63) is 47.7 Å². The minimum absolute atomic E-state index is 0.236. The van der Waals surface area contributed by atoms with E-state index in [0.717, 1.165) is 30.5 Å². The van der Waals surface area contributed by atoms with Crippen LogP contribution < -0.4 is 5.32 Å². The number of benzene rings is 1. The summed E-state index contributed by atoms with van der Waals surface area (Å²) in [7, 11) is -1.67. The molecule has 1 N–H and O–H groups in total. The number of ether oxygens (including phenoxy) is 1.